The number of hydrogen-bond acceptors (Lipinski definition) is 7. The van der Waals surface area contributed by atoms with E-state index in [1.807, 2.05) is 0 Å². The number of para-hydroxylation sites is 1. The summed E-state index contributed by atoms with van der Waals surface area (Å²) in [7, 11) is -3.55. The summed E-state index contributed by atoms with van der Waals surface area (Å²) in [4.78, 5) is 22.3. The van der Waals surface area contributed by atoms with E-state index in [-0.39, 0.29) is 21.2 Å². The number of nitro groups is 1. The third-order valence-corrected chi connectivity index (χ3v) is 5.02. The Morgan fingerprint density at radius 3 is 2.46 bits per heavy atom. The van der Waals surface area contributed by atoms with Crippen molar-refractivity contribution in [1.82, 2.24) is 0 Å². The first kappa shape index (κ1) is 18.0. The summed E-state index contributed by atoms with van der Waals surface area (Å²) in [6, 6.07) is 12.0. The molecule has 0 saturated heterocycles. The number of esters is 1. The summed E-state index contributed by atoms with van der Waals surface area (Å²) >= 11 is 0.911. The number of rotatable bonds is 6. The van der Waals surface area contributed by atoms with Gasteiger partial charge in [0, 0.05) is 12.3 Å². The van der Waals surface area contributed by atoms with E-state index in [1.165, 1.54) is 12.1 Å². The van der Waals surface area contributed by atoms with Crippen molar-refractivity contribution in [3.05, 3.63) is 58.6 Å². The number of carbonyl (C=O) groups is 1. The van der Waals surface area contributed by atoms with Crippen LogP contribution in [-0.2, 0) is 14.6 Å². The molecule has 0 aliphatic carbocycles. The molecule has 24 heavy (non-hydrogen) atoms. The molecule has 0 aliphatic heterocycles. The summed E-state index contributed by atoms with van der Waals surface area (Å²) < 4.78 is 28.1. The molecule has 0 amide bonds. The first-order chi connectivity index (χ1) is 11.3. The molecule has 0 fully saturated rings. The van der Waals surface area contributed by atoms with E-state index in [2.05, 4.69) is 0 Å². The van der Waals surface area contributed by atoms with E-state index in [9.17, 15) is 23.3 Å². The largest absolute Gasteiger partial charge is 0.426 e. The van der Waals surface area contributed by atoms with E-state index in [4.69, 9.17) is 4.74 Å². The first-order valence-corrected chi connectivity index (χ1v) is 9.52. The minimum absolute atomic E-state index is 0.145. The molecule has 0 unspecified atom stereocenters. The van der Waals surface area contributed by atoms with E-state index in [0.29, 0.717) is 5.75 Å². The molecule has 2 rings (SSSR count). The predicted molar refractivity (Wildman–Crippen MR) is 89.0 cm³/mol. The third kappa shape index (κ3) is 4.80. The van der Waals surface area contributed by atoms with Crippen LogP contribution in [0.1, 0.15) is 0 Å². The van der Waals surface area contributed by atoms with Crippen LogP contribution < -0.4 is 4.74 Å². The highest BCUT2D eigenvalue weighted by Crippen LogP contribution is 2.31. The molecule has 0 radical (unpaired) electrons. The van der Waals surface area contributed by atoms with Crippen molar-refractivity contribution in [3.63, 3.8) is 0 Å². The molecule has 2 aromatic carbocycles. The van der Waals surface area contributed by atoms with Crippen molar-refractivity contribution in [2.45, 2.75) is 9.79 Å². The molecule has 9 heteroatoms. The van der Waals surface area contributed by atoms with Gasteiger partial charge in [-0.1, -0.05) is 18.2 Å². The second-order valence-corrected chi connectivity index (χ2v) is 7.77. The normalized spacial score (nSPS) is 11.0. The quantitative estimate of drug-likeness (QED) is 0.254. The summed E-state index contributed by atoms with van der Waals surface area (Å²) in [6.45, 7) is 0. The SMILES string of the molecule is CS(=O)(=O)c1ccc(SCC(=O)Oc2ccccc2)c([N+](=O)[O-])c1. The van der Waals surface area contributed by atoms with Crippen LogP contribution in [-0.4, -0.2) is 31.3 Å². The van der Waals surface area contributed by atoms with Crippen LogP contribution in [0.4, 0.5) is 5.69 Å². The number of nitrogens with zero attached hydrogens (tertiary/aromatic N) is 1. The van der Waals surface area contributed by atoms with E-state index < -0.39 is 20.7 Å². The van der Waals surface area contributed by atoms with Gasteiger partial charge in [0.05, 0.1) is 20.5 Å². The van der Waals surface area contributed by atoms with E-state index >= 15 is 0 Å². The van der Waals surface area contributed by atoms with Crippen molar-refractivity contribution >= 4 is 33.3 Å². The van der Waals surface area contributed by atoms with Gasteiger partial charge in [-0.15, -0.1) is 11.8 Å². The van der Waals surface area contributed by atoms with Crippen molar-refractivity contribution < 1.29 is 22.9 Å². The molecule has 0 bridgehead atoms. The van der Waals surface area contributed by atoms with Gasteiger partial charge >= 0.3 is 5.97 Å². The third-order valence-electron chi connectivity index (χ3n) is 2.88. The Labute approximate surface area is 142 Å². The molecule has 126 valence electrons. The fourth-order valence-corrected chi connectivity index (χ4v) is 3.20. The van der Waals surface area contributed by atoms with Crippen LogP contribution in [0.3, 0.4) is 0 Å². The maximum atomic E-state index is 11.8. The molecule has 0 spiro atoms. The predicted octanol–water partition coefficient (Wildman–Crippen LogP) is 2.70. The lowest BCUT2D eigenvalue weighted by Crippen LogP contribution is -2.10. The highest BCUT2D eigenvalue weighted by Gasteiger charge is 2.20. The van der Waals surface area contributed by atoms with Crippen molar-refractivity contribution in [2.24, 2.45) is 0 Å². The summed E-state index contributed by atoms with van der Waals surface area (Å²) in [5.41, 5.74) is -0.365. The van der Waals surface area contributed by atoms with Crippen LogP contribution in [0, 0.1) is 10.1 Å². The molecular weight excluding hydrogens is 354 g/mol. The molecule has 2 aromatic rings. The zero-order valence-electron chi connectivity index (χ0n) is 12.5. The van der Waals surface area contributed by atoms with Gasteiger partial charge in [-0.3, -0.25) is 14.9 Å². The van der Waals surface area contributed by atoms with Crippen molar-refractivity contribution in [1.29, 1.82) is 0 Å². The lowest BCUT2D eigenvalue weighted by Gasteiger charge is -2.06. The molecule has 7 nitrogen and oxygen atoms in total. The average molecular weight is 367 g/mol. The number of nitro benzene ring substituents is 1. The van der Waals surface area contributed by atoms with Crippen LogP contribution in [0.2, 0.25) is 0 Å². The van der Waals surface area contributed by atoms with Gasteiger partial charge in [0.1, 0.15) is 5.75 Å². The van der Waals surface area contributed by atoms with Crippen LogP contribution in [0.5, 0.6) is 5.75 Å². The second-order valence-electron chi connectivity index (χ2n) is 4.73. The maximum Gasteiger partial charge on any atom is 0.321 e. The fraction of sp³-hybridized carbons (Fsp3) is 0.133. The highest BCUT2D eigenvalue weighted by molar-refractivity contribution is 8.00. The number of benzene rings is 2. The molecular formula is C15H13NO6S2. The zero-order valence-corrected chi connectivity index (χ0v) is 14.2. The highest BCUT2D eigenvalue weighted by atomic mass is 32.2. The maximum absolute atomic E-state index is 11.8. The molecule has 0 aliphatic rings. The number of thioether (sulfide) groups is 1. The lowest BCUT2D eigenvalue weighted by molar-refractivity contribution is -0.388. The fourth-order valence-electron chi connectivity index (χ4n) is 1.78. The number of sulfone groups is 1. The topological polar surface area (TPSA) is 104 Å². The van der Waals surface area contributed by atoms with Gasteiger partial charge in [-0.05, 0) is 24.3 Å². The number of ether oxygens (including phenoxy) is 1. The minimum atomic E-state index is -3.55. The standard InChI is InChI=1S/C15H13NO6S2/c1-24(20,21)12-7-8-14(13(9-12)16(18)19)23-10-15(17)22-11-5-3-2-4-6-11/h2-9H,10H2,1H3. The Balaban J connectivity index is 2.12. The smallest absolute Gasteiger partial charge is 0.321 e. The Hall–Kier alpha value is -2.39. The lowest BCUT2D eigenvalue weighted by atomic mass is 10.3. The summed E-state index contributed by atoms with van der Waals surface area (Å²) in [5.74, 6) is -0.328. The van der Waals surface area contributed by atoms with E-state index in [0.717, 1.165) is 24.1 Å². The molecule has 0 N–H and O–H groups in total. The molecule has 0 heterocycles. The van der Waals surface area contributed by atoms with Gasteiger partial charge in [0.25, 0.3) is 5.69 Å². The summed E-state index contributed by atoms with van der Waals surface area (Å²) in [6.07, 6.45) is 0.968. The minimum Gasteiger partial charge on any atom is -0.426 e. The van der Waals surface area contributed by atoms with Crippen molar-refractivity contribution in [3.8, 4) is 5.75 Å². The van der Waals surface area contributed by atoms with E-state index in [1.54, 1.807) is 30.3 Å². The second kappa shape index (κ2) is 7.45. The Morgan fingerprint density at radius 1 is 1.21 bits per heavy atom. The van der Waals surface area contributed by atoms with Crippen LogP contribution >= 0.6 is 11.8 Å². The monoisotopic (exact) mass is 367 g/mol. The van der Waals surface area contributed by atoms with Gasteiger partial charge in [0.15, 0.2) is 9.84 Å². The Kier molecular flexibility index (Phi) is 5.58. The number of hydrogen-bond donors (Lipinski definition) is 0. The molecule has 0 saturated carbocycles. The zero-order chi connectivity index (χ0) is 17.7. The Morgan fingerprint density at radius 2 is 1.88 bits per heavy atom. The van der Waals surface area contributed by atoms with Crippen LogP contribution in [0.25, 0.3) is 0 Å². The molecule has 0 atom stereocenters. The average Bonchev–Trinajstić information content (AvgIpc) is 2.52. The van der Waals surface area contributed by atoms with Crippen LogP contribution in [0.15, 0.2) is 58.3 Å². The molecule has 0 aromatic heterocycles. The van der Waals surface area contributed by atoms with Gasteiger partial charge in [-0.2, -0.15) is 0 Å². The van der Waals surface area contributed by atoms with Crippen molar-refractivity contribution in [2.75, 3.05) is 12.0 Å². The van der Waals surface area contributed by atoms with Gasteiger partial charge in [-0.25, -0.2) is 8.42 Å². The number of carbonyl (C=O) groups excluding carboxylic acids is 1. The van der Waals surface area contributed by atoms with Gasteiger partial charge < -0.3 is 4.74 Å². The Bertz CT molecular complexity index is 865. The van der Waals surface area contributed by atoms with Gasteiger partial charge in [0.2, 0.25) is 0 Å². The summed E-state index contributed by atoms with van der Waals surface area (Å²) in [5, 5.41) is 11.1. The first-order valence-electron chi connectivity index (χ1n) is 6.64.